The Morgan fingerprint density at radius 1 is 1.33 bits per heavy atom. The van der Waals surface area contributed by atoms with Crippen molar-refractivity contribution in [1.29, 1.82) is 0 Å². The van der Waals surface area contributed by atoms with E-state index < -0.39 is 0 Å². The Morgan fingerprint density at radius 3 is 2.61 bits per heavy atom. The van der Waals surface area contributed by atoms with Crippen LogP contribution in [0.5, 0.6) is 0 Å². The predicted octanol–water partition coefficient (Wildman–Crippen LogP) is 1.91. The number of rotatable bonds is 6. The molecule has 0 aromatic heterocycles. The number of guanidine groups is 1. The summed E-state index contributed by atoms with van der Waals surface area (Å²) >= 11 is 0. The minimum Gasteiger partial charge on any atom is -0.385 e. The number of aliphatic imine (C=N–C) groups is 1. The van der Waals surface area contributed by atoms with Gasteiger partial charge in [0.2, 0.25) is 0 Å². The summed E-state index contributed by atoms with van der Waals surface area (Å²) in [5.41, 5.74) is 0.428. The minimum atomic E-state index is 0.428. The quantitative estimate of drug-likeness (QED) is 0.561. The molecular formula is C14H27N3O. The normalized spacial score (nSPS) is 23.1. The minimum absolute atomic E-state index is 0.428. The Bertz CT molecular complexity index is 281. The molecule has 104 valence electrons. The van der Waals surface area contributed by atoms with Crippen LogP contribution in [0.1, 0.15) is 44.9 Å². The summed E-state index contributed by atoms with van der Waals surface area (Å²) in [6.45, 7) is 1.90. The number of nitrogens with zero attached hydrogens (tertiary/aromatic N) is 1. The fourth-order valence-corrected chi connectivity index (χ4v) is 2.85. The molecule has 0 aliphatic heterocycles. The van der Waals surface area contributed by atoms with Gasteiger partial charge in [-0.3, -0.25) is 4.99 Å². The van der Waals surface area contributed by atoms with Crippen molar-refractivity contribution in [1.82, 2.24) is 10.6 Å². The lowest BCUT2D eigenvalue weighted by molar-refractivity contribution is 0.138. The van der Waals surface area contributed by atoms with Crippen molar-refractivity contribution in [2.24, 2.45) is 10.4 Å². The molecule has 2 aliphatic rings. The summed E-state index contributed by atoms with van der Waals surface area (Å²) in [6, 6.07) is 0.662. The maximum atomic E-state index is 5.26. The number of nitrogens with one attached hydrogen (secondary N) is 2. The van der Waals surface area contributed by atoms with Crippen molar-refractivity contribution in [3.05, 3.63) is 0 Å². The van der Waals surface area contributed by atoms with Crippen LogP contribution in [0.3, 0.4) is 0 Å². The molecule has 4 heteroatoms. The summed E-state index contributed by atoms with van der Waals surface area (Å²) in [6.07, 6.45) is 9.11. The molecule has 0 heterocycles. The molecule has 2 N–H and O–H groups in total. The molecule has 2 saturated carbocycles. The van der Waals surface area contributed by atoms with Crippen molar-refractivity contribution < 1.29 is 4.74 Å². The third-order valence-electron chi connectivity index (χ3n) is 4.27. The van der Waals surface area contributed by atoms with Gasteiger partial charge in [0, 0.05) is 33.4 Å². The van der Waals surface area contributed by atoms with Crippen LogP contribution in [-0.2, 0) is 4.74 Å². The lowest BCUT2D eigenvalue weighted by atomic mass is 9.83. The van der Waals surface area contributed by atoms with Crippen molar-refractivity contribution in [2.75, 3.05) is 27.3 Å². The first kappa shape index (κ1) is 13.7. The van der Waals surface area contributed by atoms with E-state index in [1.807, 2.05) is 7.05 Å². The van der Waals surface area contributed by atoms with Crippen molar-refractivity contribution in [3.63, 3.8) is 0 Å². The molecule has 0 aromatic rings. The molecule has 18 heavy (non-hydrogen) atoms. The van der Waals surface area contributed by atoms with Gasteiger partial charge >= 0.3 is 0 Å². The molecule has 0 amide bonds. The average Bonchev–Trinajstić information content (AvgIpc) is 3.09. The molecule has 2 rings (SSSR count). The molecule has 4 nitrogen and oxygen atoms in total. The van der Waals surface area contributed by atoms with Crippen LogP contribution in [0.25, 0.3) is 0 Å². The van der Waals surface area contributed by atoms with Gasteiger partial charge in [-0.15, -0.1) is 0 Å². The zero-order valence-electron chi connectivity index (χ0n) is 11.8. The number of hydrogen-bond donors (Lipinski definition) is 2. The van der Waals surface area contributed by atoms with Gasteiger partial charge in [0.1, 0.15) is 0 Å². The van der Waals surface area contributed by atoms with Crippen LogP contribution in [0.15, 0.2) is 4.99 Å². The standard InChI is InChI=1S/C14H27N3O/c1-15-13(17-12-5-6-12)16-11-14(9-10-18-2)7-3-4-8-14/h12H,3-11H2,1-2H3,(H2,15,16,17). The number of methoxy groups -OCH3 is 1. The van der Waals surface area contributed by atoms with E-state index in [0.717, 1.165) is 25.5 Å². The second-order valence-corrected chi connectivity index (χ2v) is 5.79. The summed E-state index contributed by atoms with van der Waals surface area (Å²) < 4.78 is 5.26. The first-order valence-electron chi connectivity index (χ1n) is 7.24. The highest BCUT2D eigenvalue weighted by Crippen LogP contribution is 2.40. The van der Waals surface area contributed by atoms with Gasteiger partial charge in [0.25, 0.3) is 0 Å². The van der Waals surface area contributed by atoms with Crippen LogP contribution >= 0.6 is 0 Å². The van der Waals surface area contributed by atoms with Gasteiger partial charge < -0.3 is 15.4 Å². The van der Waals surface area contributed by atoms with Crippen molar-refractivity contribution in [3.8, 4) is 0 Å². The monoisotopic (exact) mass is 253 g/mol. The molecule has 0 aromatic carbocycles. The van der Waals surface area contributed by atoms with Crippen LogP contribution in [0, 0.1) is 5.41 Å². The van der Waals surface area contributed by atoms with Gasteiger partial charge in [-0.1, -0.05) is 12.8 Å². The summed E-state index contributed by atoms with van der Waals surface area (Å²) in [4.78, 5) is 4.30. The first-order valence-corrected chi connectivity index (χ1v) is 7.24. The molecule has 0 bridgehead atoms. The molecule has 2 fully saturated rings. The summed E-state index contributed by atoms with van der Waals surface area (Å²) in [7, 11) is 3.65. The second kappa shape index (κ2) is 6.41. The topological polar surface area (TPSA) is 45.7 Å². The first-order chi connectivity index (χ1) is 8.78. The fraction of sp³-hybridized carbons (Fsp3) is 0.929. The van der Waals surface area contributed by atoms with E-state index in [9.17, 15) is 0 Å². The van der Waals surface area contributed by atoms with Gasteiger partial charge in [0.15, 0.2) is 5.96 Å². The van der Waals surface area contributed by atoms with Crippen LogP contribution in [-0.4, -0.2) is 39.3 Å². The second-order valence-electron chi connectivity index (χ2n) is 5.79. The van der Waals surface area contributed by atoms with E-state index in [1.165, 1.54) is 38.5 Å². The molecule has 0 radical (unpaired) electrons. The highest BCUT2D eigenvalue weighted by molar-refractivity contribution is 5.80. The van der Waals surface area contributed by atoms with E-state index in [-0.39, 0.29) is 0 Å². The van der Waals surface area contributed by atoms with Gasteiger partial charge in [0.05, 0.1) is 0 Å². The highest BCUT2D eigenvalue weighted by atomic mass is 16.5. The summed E-state index contributed by atoms with van der Waals surface area (Å²) in [5, 5.41) is 6.96. The lowest BCUT2D eigenvalue weighted by Gasteiger charge is -2.29. The number of hydrogen-bond acceptors (Lipinski definition) is 2. The Hall–Kier alpha value is -0.770. The summed E-state index contributed by atoms with van der Waals surface area (Å²) in [5.74, 6) is 0.973. The third-order valence-corrected chi connectivity index (χ3v) is 4.27. The number of ether oxygens (including phenoxy) is 1. The SMILES string of the molecule is CN=C(NCC1(CCOC)CCCC1)NC1CC1. The maximum absolute atomic E-state index is 5.26. The van der Waals surface area contributed by atoms with E-state index in [2.05, 4.69) is 15.6 Å². The Labute approximate surface area is 111 Å². The van der Waals surface area contributed by atoms with Gasteiger partial charge in [-0.05, 0) is 37.5 Å². The third kappa shape index (κ3) is 3.87. The van der Waals surface area contributed by atoms with Crippen molar-refractivity contribution >= 4 is 5.96 Å². The molecule has 0 unspecified atom stereocenters. The molecule has 0 atom stereocenters. The molecule has 0 spiro atoms. The van der Waals surface area contributed by atoms with Crippen LogP contribution in [0.2, 0.25) is 0 Å². The Morgan fingerprint density at radius 2 is 2.06 bits per heavy atom. The van der Waals surface area contributed by atoms with Gasteiger partial charge in [-0.25, -0.2) is 0 Å². The van der Waals surface area contributed by atoms with E-state index in [1.54, 1.807) is 7.11 Å². The predicted molar refractivity (Wildman–Crippen MR) is 74.9 cm³/mol. The zero-order chi connectivity index (χ0) is 12.8. The Kier molecular flexibility index (Phi) is 4.87. The lowest BCUT2D eigenvalue weighted by Crippen LogP contribution is -2.44. The Balaban J connectivity index is 1.80. The van der Waals surface area contributed by atoms with Crippen LogP contribution in [0.4, 0.5) is 0 Å². The van der Waals surface area contributed by atoms with E-state index >= 15 is 0 Å². The van der Waals surface area contributed by atoms with E-state index in [0.29, 0.717) is 11.5 Å². The van der Waals surface area contributed by atoms with Gasteiger partial charge in [-0.2, -0.15) is 0 Å². The smallest absolute Gasteiger partial charge is 0.191 e. The maximum Gasteiger partial charge on any atom is 0.191 e. The average molecular weight is 253 g/mol. The van der Waals surface area contributed by atoms with Crippen molar-refractivity contribution in [2.45, 2.75) is 51.0 Å². The largest absolute Gasteiger partial charge is 0.385 e. The zero-order valence-corrected chi connectivity index (χ0v) is 11.8. The van der Waals surface area contributed by atoms with E-state index in [4.69, 9.17) is 4.74 Å². The van der Waals surface area contributed by atoms with Crippen LogP contribution < -0.4 is 10.6 Å². The molecule has 0 saturated heterocycles. The molecule has 2 aliphatic carbocycles. The fourth-order valence-electron chi connectivity index (χ4n) is 2.85. The molecular weight excluding hydrogens is 226 g/mol. The highest BCUT2D eigenvalue weighted by Gasteiger charge is 2.33.